The van der Waals surface area contributed by atoms with Crippen molar-refractivity contribution >= 4 is 45.3 Å². The molecule has 1 atom stereocenters. The van der Waals surface area contributed by atoms with Gasteiger partial charge in [-0.2, -0.15) is 15.3 Å². The summed E-state index contributed by atoms with van der Waals surface area (Å²) in [6, 6.07) is 8.55. The maximum absolute atomic E-state index is 12.8. The van der Waals surface area contributed by atoms with Gasteiger partial charge in [0.15, 0.2) is 12.0 Å². The average Bonchev–Trinajstić information content (AvgIpc) is 3.80. The third-order valence-electron chi connectivity index (χ3n) is 11.2. The minimum Gasteiger partial charge on any atom is -0.444 e. The number of aryl methyl sites for hydroxylation is 1. The average molecular weight is 782 g/mol. The number of likely N-dealkylation sites (tertiary alicyclic amines) is 1. The van der Waals surface area contributed by atoms with Crippen LogP contribution in [0.2, 0.25) is 5.02 Å². The van der Waals surface area contributed by atoms with Gasteiger partial charge in [-0.1, -0.05) is 23.2 Å². The molecule has 0 bridgehead atoms. The fraction of sp³-hybridized carbons (Fsp3) is 0.512. The van der Waals surface area contributed by atoms with Crippen LogP contribution >= 0.6 is 11.6 Å². The van der Waals surface area contributed by atoms with Gasteiger partial charge in [0, 0.05) is 64.5 Å². The summed E-state index contributed by atoms with van der Waals surface area (Å²) in [5.41, 5.74) is 8.07. The first-order chi connectivity index (χ1) is 26.7. The summed E-state index contributed by atoms with van der Waals surface area (Å²) in [5, 5.41) is 17.7. The number of nitrogens with zero attached hydrogens (tertiary/aromatic N) is 7. The zero-order chi connectivity index (χ0) is 39.5. The van der Waals surface area contributed by atoms with Crippen LogP contribution in [0.25, 0.3) is 44.2 Å². The van der Waals surface area contributed by atoms with Crippen molar-refractivity contribution in [1.29, 1.82) is 0 Å². The van der Waals surface area contributed by atoms with Crippen LogP contribution in [0.4, 0.5) is 4.79 Å². The van der Waals surface area contributed by atoms with Gasteiger partial charge in [-0.3, -0.25) is 14.2 Å². The quantitative estimate of drug-likeness (QED) is 0.102. The van der Waals surface area contributed by atoms with Crippen LogP contribution in [-0.4, -0.2) is 84.6 Å². The van der Waals surface area contributed by atoms with E-state index < -0.39 is 5.60 Å². The highest BCUT2D eigenvalue weighted by molar-refractivity contribution is 6.36. The molecule has 2 aliphatic heterocycles. The van der Waals surface area contributed by atoms with Crippen LogP contribution in [0.3, 0.4) is 0 Å². The molecule has 3 aliphatic rings. The van der Waals surface area contributed by atoms with Gasteiger partial charge in [-0.15, -0.1) is 0 Å². The Hall–Kier alpha value is -4.52. The molecule has 1 saturated carbocycles. The lowest BCUT2D eigenvalue weighted by molar-refractivity contribution is -0.119. The van der Waals surface area contributed by atoms with Crippen molar-refractivity contribution in [3.8, 4) is 22.4 Å². The van der Waals surface area contributed by atoms with Crippen molar-refractivity contribution < 1.29 is 23.8 Å². The van der Waals surface area contributed by atoms with E-state index in [-0.39, 0.29) is 36.2 Å². The molecule has 1 unspecified atom stereocenters. The number of ketones is 1. The van der Waals surface area contributed by atoms with Gasteiger partial charge in [0.25, 0.3) is 0 Å². The molecule has 5 aromatic rings. The molecule has 1 amide bonds. The molecular formula is C43H52ClN7O5. The summed E-state index contributed by atoms with van der Waals surface area (Å²) < 4.78 is 23.5. The Morgan fingerprint density at radius 3 is 2.55 bits per heavy atom. The minimum absolute atomic E-state index is 0.0426. The number of hydrogen-bond acceptors (Lipinski definition) is 8. The number of amides is 1. The molecule has 3 fully saturated rings. The van der Waals surface area contributed by atoms with Crippen molar-refractivity contribution in [2.45, 2.75) is 105 Å². The summed E-state index contributed by atoms with van der Waals surface area (Å²) in [7, 11) is 0. The number of fused-ring (bicyclic) bond motifs is 2. The number of allylic oxidation sites excluding steroid dienone is 1. The third-order valence-corrected chi connectivity index (χ3v) is 11.7. The highest BCUT2D eigenvalue weighted by atomic mass is 35.5. The predicted octanol–water partition coefficient (Wildman–Crippen LogP) is 9.01. The maximum atomic E-state index is 12.8. The monoisotopic (exact) mass is 781 g/mol. The van der Waals surface area contributed by atoms with Crippen LogP contribution in [-0.2, 0) is 25.5 Å². The number of carbonyl (C=O) groups excluding carboxylic acids is 2. The van der Waals surface area contributed by atoms with Crippen LogP contribution < -0.4 is 0 Å². The molecule has 56 heavy (non-hydrogen) atoms. The van der Waals surface area contributed by atoms with Crippen LogP contribution in [0.5, 0.6) is 0 Å². The zero-order valence-corrected chi connectivity index (χ0v) is 34.3. The Bertz CT molecular complexity index is 2340. The molecule has 5 heterocycles. The normalized spacial score (nSPS) is 18.4. The Labute approximate surface area is 332 Å². The molecular weight excluding hydrogens is 730 g/mol. The summed E-state index contributed by atoms with van der Waals surface area (Å²) in [5.74, 6) is -0.0426. The van der Waals surface area contributed by atoms with E-state index >= 15 is 0 Å². The molecule has 0 N–H and O–H groups in total. The lowest BCUT2D eigenvalue weighted by Crippen LogP contribution is -2.64. The van der Waals surface area contributed by atoms with E-state index in [9.17, 15) is 9.59 Å². The Kier molecular flexibility index (Phi) is 10.1. The number of aromatic nitrogens is 6. The van der Waals surface area contributed by atoms with E-state index in [4.69, 9.17) is 41.1 Å². The van der Waals surface area contributed by atoms with Gasteiger partial charge >= 0.3 is 6.09 Å². The fourth-order valence-electron chi connectivity index (χ4n) is 8.68. The number of rotatable bonds is 10. The molecule has 296 valence electrons. The van der Waals surface area contributed by atoms with Crippen LogP contribution in [0.1, 0.15) is 90.2 Å². The van der Waals surface area contributed by atoms with E-state index in [1.165, 1.54) is 0 Å². The number of halogens is 1. The number of hydrogen-bond donors (Lipinski definition) is 0. The second kappa shape index (κ2) is 14.8. The first-order valence-electron chi connectivity index (χ1n) is 19.8. The van der Waals surface area contributed by atoms with Crippen molar-refractivity contribution in [2.75, 3.05) is 32.9 Å². The van der Waals surface area contributed by atoms with Gasteiger partial charge in [0.2, 0.25) is 0 Å². The smallest absolute Gasteiger partial charge is 0.410 e. The van der Waals surface area contributed by atoms with E-state index in [0.29, 0.717) is 31.3 Å². The van der Waals surface area contributed by atoms with Crippen molar-refractivity contribution in [3.63, 3.8) is 0 Å². The number of carbonyl (C=O) groups is 2. The largest absolute Gasteiger partial charge is 0.444 e. The molecule has 8 rings (SSSR count). The molecule has 2 saturated heterocycles. The topological polar surface area (TPSA) is 119 Å². The second-order valence-corrected chi connectivity index (χ2v) is 17.7. The zero-order valence-electron chi connectivity index (χ0n) is 33.5. The third kappa shape index (κ3) is 7.39. The first-order valence-corrected chi connectivity index (χ1v) is 20.1. The maximum Gasteiger partial charge on any atom is 0.410 e. The molecule has 12 nitrogen and oxygen atoms in total. The number of ether oxygens (including phenoxy) is 3. The predicted molar refractivity (Wildman–Crippen MR) is 217 cm³/mol. The van der Waals surface area contributed by atoms with E-state index in [1.54, 1.807) is 6.08 Å². The summed E-state index contributed by atoms with van der Waals surface area (Å²) >= 11 is 7.34. The van der Waals surface area contributed by atoms with Gasteiger partial charge in [-0.05, 0) is 110 Å². The lowest BCUT2D eigenvalue weighted by Gasteiger charge is -2.58. The van der Waals surface area contributed by atoms with E-state index in [1.807, 2.05) is 74.3 Å². The van der Waals surface area contributed by atoms with Crippen molar-refractivity contribution in [3.05, 3.63) is 64.6 Å². The highest BCUT2D eigenvalue weighted by Crippen LogP contribution is 2.56. The van der Waals surface area contributed by atoms with E-state index in [2.05, 4.69) is 29.8 Å². The van der Waals surface area contributed by atoms with Crippen molar-refractivity contribution in [2.24, 2.45) is 5.41 Å². The summed E-state index contributed by atoms with van der Waals surface area (Å²) in [4.78, 5) is 26.6. The SMILES string of the molecule is CC(C)=CC(=O)COCCn1cc2cc(-c3nn(C4CC5(C4)CN(C(=O)OC(C)(C)C)C5)c(C)c3-c3c(Cl)c(C)cc4c3cnn4C3CCCCO3)ccc2n1. The molecule has 13 heteroatoms. The van der Waals surface area contributed by atoms with Crippen LogP contribution in [0.15, 0.2) is 48.3 Å². The van der Waals surface area contributed by atoms with Gasteiger partial charge in [0.05, 0.1) is 41.4 Å². The summed E-state index contributed by atoms with van der Waals surface area (Å²) in [6.45, 7) is 16.7. The lowest BCUT2D eigenvalue weighted by atomic mass is 9.61. The Balaban J connectivity index is 1.13. The van der Waals surface area contributed by atoms with E-state index in [0.717, 1.165) is 99.7 Å². The Morgan fingerprint density at radius 1 is 1.05 bits per heavy atom. The molecule has 2 aromatic carbocycles. The minimum atomic E-state index is -0.521. The summed E-state index contributed by atoms with van der Waals surface area (Å²) in [6.07, 6.45) is 10.1. The van der Waals surface area contributed by atoms with Gasteiger partial charge < -0.3 is 19.1 Å². The molecule has 1 aliphatic carbocycles. The molecule has 0 radical (unpaired) electrons. The fourth-order valence-corrected chi connectivity index (χ4v) is 8.93. The Morgan fingerprint density at radius 2 is 1.84 bits per heavy atom. The van der Waals surface area contributed by atoms with Gasteiger partial charge in [0.1, 0.15) is 17.9 Å². The first kappa shape index (κ1) is 38.4. The van der Waals surface area contributed by atoms with Crippen molar-refractivity contribution in [1.82, 2.24) is 34.2 Å². The highest BCUT2D eigenvalue weighted by Gasteiger charge is 2.55. The van der Waals surface area contributed by atoms with Crippen LogP contribution in [0, 0.1) is 19.3 Å². The number of benzene rings is 2. The molecule has 3 aromatic heterocycles. The second-order valence-electron chi connectivity index (χ2n) is 17.3. The standard InChI is InChI=1S/C43H52ClN7O5/c1-26(2)16-32(52)23-54-15-13-49-22-30-18-29(11-12-34(30)46-49)40-37(38-33-21-45-51(36-10-8-9-14-55-36)35(33)17-27(3)39(38)44)28(4)50(47-40)31-19-43(20-31)24-48(25-43)41(53)56-42(5,6)7/h11-12,16-18,21-22,31,36H,8-10,13-15,19-20,23-25H2,1-7H3. The molecule has 1 spiro atoms. The van der Waals surface area contributed by atoms with Gasteiger partial charge in [-0.25, -0.2) is 9.48 Å².